The number of rotatable bonds is 7. The summed E-state index contributed by atoms with van der Waals surface area (Å²) in [7, 11) is 0. The summed E-state index contributed by atoms with van der Waals surface area (Å²) in [6, 6.07) is 10.7. The maximum absolute atomic E-state index is 12.2. The molecule has 3 heterocycles. The molecule has 0 spiro atoms. The first-order valence-corrected chi connectivity index (χ1v) is 9.66. The number of hydrogen-bond acceptors (Lipinski definition) is 7. The van der Waals surface area contributed by atoms with Gasteiger partial charge in [-0.05, 0) is 48.6 Å². The summed E-state index contributed by atoms with van der Waals surface area (Å²) in [6.45, 7) is 1.40. The van der Waals surface area contributed by atoms with Gasteiger partial charge in [0.05, 0.1) is 16.5 Å². The molecule has 0 radical (unpaired) electrons. The zero-order valence-corrected chi connectivity index (χ0v) is 15.4. The van der Waals surface area contributed by atoms with E-state index in [1.807, 2.05) is 17.5 Å². The standard InChI is InChI=1S/C20H19NO5S/c22-20(26-12-15-11-25-19(21-15)18-4-2-10-27-18)14-5-7-16(8-6-14)24-13-17-3-1-9-23-17/h2,4-8,10-11,17H,1,3,9,12-13H2/t17-/m1/s1. The Labute approximate surface area is 160 Å². The highest BCUT2D eigenvalue weighted by Crippen LogP contribution is 2.24. The number of hydrogen-bond donors (Lipinski definition) is 0. The second-order valence-corrected chi connectivity index (χ2v) is 7.12. The van der Waals surface area contributed by atoms with Crippen LogP contribution < -0.4 is 4.74 Å². The Morgan fingerprint density at radius 1 is 1.26 bits per heavy atom. The zero-order valence-electron chi connectivity index (χ0n) is 14.6. The van der Waals surface area contributed by atoms with Crippen molar-refractivity contribution in [2.75, 3.05) is 13.2 Å². The van der Waals surface area contributed by atoms with Crippen molar-refractivity contribution in [1.82, 2.24) is 4.98 Å². The Morgan fingerprint density at radius 2 is 2.15 bits per heavy atom. The summed E-state index contributed by atoms with van der Waals surface area (Å²) in [5.41, 5.74) is 1.03. The second-order valence-electron chi connectivity index (χ2n) is 6.17. The molecule has 7 heteroatoms. The molecule has 1 aliphatic rings. The molecule has 1 saturated heterocycles. The van der Waals surface area contributed by atoms with Crippen LogP contribution in [-0.2, 0) is 16.1 Å². The van der Waals surface area contributed by atoms with Crippen LogP contribution in [0.4, 0.5) is 0 Å². The van der Waals surface area contributed by atoms with Crippen molar-refractivity contribution in [1.29, 1.82) is 0 Å². The molecule has 0 unspecified atom stereocenters. The largest absolute Gasteiger partial charge is 0.491 e. The molecule has 0 N–H and O–H groups in total. The number of carbonyl (C=O) groups is 1. The smallest absolute Gasteiger partial charge is 0.338 e. The van der Waals surface area contributed by atoms with Crippen LogP contribution >= 0.6 is 11.3 Å². The van der Waals surface area contributed by atoms with Crippen molar-refractivity contribution < 1.29 is 23.4 Å². The number of carbonyl (C=O) groups excluding carboxylic acids is 1. The Bertz CT molecular complexity index is 866. The van der Waals surface area contributed by atoms with Crippen molar-refractivity contribution in [2.45, 2.75) is 25.6 Å². The number of ether oxygens (including phenoxy) is 3. The maximum Gasteiger partial charge on any atom is 0.338 e. The highest BCUT2D eigenvalue weighted by atomic mass is 32.1. The average molecular weight is 385 g/mol. The fourth-order valence-electron chi connectivity index (χ4n) is 2.76. The van der Waals surface area contributed by atoms with Crippen molar-refractivity contribution in [3.05, 3.63) is 59.3 Å². The summed E-state index contributed by atoms with van der Waals surface area (Å²) in [6.07, 6.45) is 3.78. The molecule has 0 amide bonds. The van der Waals surface area contributed by atoms with E-state index in [-0.39, 0.29) is 12.7 Å². The number of aromatic nitrogens is 1. The minimum absolute atomic E-state index is 0.0605. The van der Waals surface area contributed by atoms with Gasteiger partial charge in [0, 0.05) is 6.61 Å². The van der Waals surface area contributed by atoms with E-state index < -0.39 is 5.97 Å². The van der Waals surface area contributed by atoms with Crippen LogP contribution in [0.5, 0.6) is 5.75 Å². The average Bonchev–Trinajstić information content (AvgIpc) is 3.47. The summed E-state index contributed by atoms with van der Waals surface area (Å²) in [5, 5.41) is 1.95. The van der Waals surface area contributed by atoms with Crippen molar-refractivity contribution in [3.63, 3.8) is 0 Å². The van der Waals surface area contributed by atoms with Gasteiger partial charge in [0.25, 0.3) is 0 Å². The molecule has 3 aromatic rings. The van der Waals surface area contributed by atoms with Gasteiger partial charge in [-0.2, -0.15) is 0 Å². The third-order valence-corrected chi connectivity index (χ3v) is 5.04. The van der Waals surface area contributed by atoms with Crippen molar-refractivity contribution in [3.8, 4) is 16.5 Å². The van der Waals surface area contributed by atoms with Crippen molar-refractivity contribution >= 4 is 17.3 Å². The van der Waals surface area contributed by atoms with Gasteiger partial charge in [-0.1, -0.05) is 6.07 Å². The highest BCUT2D eigenvalue weighted by molar-refractivity contribution is 7.13. The van der Waals surface area contributed by atoms with E-state index in [0.717, 1.165) is 24.3 Å². The van der Waals surface area contributed by atoms with E-state index in [1.165, 1.54) is 6.26 Å². The fraction of sp³-hybridized carbons (Fsp3) is 0.300. The summed E-state index contributed by atoms with van der Waals surface area (Å²) < 4.78 is 21.9. The van der Waals surface area contributed by atoms with Gasteiger partial charge in [0.15, 0.2) is 0 Å². The first-order valence-electron chi connectivity index (χ1n) is 8.78. The molecule has 2 aromatic heterocycles. The number of benzene rings is 1. The lowest BCUT2D eigenvalue weighted by Crippen LogP contribution is -2.16. The number of oxazole rings is 1. The van der Waals surface area contributed by atoms with Crippen LogP contribution in [0.15, 0.2) is 52.5 Å². The third kappa shape index (κ3) is 4.56. The maximum atomic E-state index is 12.2. The summed E-state index contributed by atoms with van der Waals surface area (Å²) >= 11 is 1.54. The highest BCUT2D eigenvalue weighted by Gasteiger charge is 2.16. The summed E-state index contributed by atoms with van der Waals surface area (Å²) in [5.74, 6) is 0.823. The lowest BCUT2D eigenvalue weighted by Gasteiger charge is -2.11. The van der Waals surface area contributed by atoms with Crippen LogP contribution in [0.2, 0.25) is 0 Å². The van der Waals surface area contributed by atoms with Gasteiger partial charge >= 0.3 is 5.97 Å². The predicted octanol–water partition coefficient (Wildman–Crippen LogP) is 4.32. The first kappa shape index (κ1) is 17.8. The second kappa shape index (κ2) is 8.37. The molecule has 1 fully saturated rings. The van der Waals surface area contributed by atoms with Crippen LogP contribution in [0, 0.1) is 0 Å². The molecule has 27 heavy (non-hydrogen) atoms. The Kier molecular flexibility index (Phi) is 5.50. The topological polar surface area (TPSA) is 70.8 Å². The van der Waals surface area contributed by atoms with E-state index in [9.17, 15) is 4.79 Å². The summed E-state index contributed by atoms with van der Waals surface area (Å²) in [4.78, 5) is 17.5. The molecule has 1 atom stereocenters. The lowest BCUT2D eigenvalue weighted by atomic mass is 10.2. The van der Waals surface area contributed by atoms with E-state index in [2.05, 4.69) is 4.98 Å². The van der Waals surface area contributed by atoms with Crippen LogP contribution in [0.3, 0.4) is 0 Å². The van der Waals surface area contributed by atoms with E-state index in [1.54, 1.807) is 35.6 Å². The van der Waals surface area contributed by atoms with Gasteiger partial charge in [-0.3, -0.25) is 0 Å². The predicted molar refractivity (Wildman–Crippen MR) is 99.8 cm³/mol. The molecule has 140 valence electrons. The van der Waals surface area contributed by atoms with E-state index in [0.29, 0.717) is 29.5 Å². The molecule has 4 rings (SSSR count). The zero-order chi connectivity index (χ0) is 18.5. The van der Waals surface area contributed by atoms with Gasteiger partial charge in [0.1, 0.15) is 30.9 Å². The molecule has 0 aliphatic carbocycles. The van der Waals surface area contributed by atoms with Crippen LogP contribution in [-0.4, -0.2) is 30.3 Å². The number of thiophene rings is 1. The fourth-order valence-corrected chi connectivity index (χ4v) is 3.42. The molecular formula is C20H19NO5S. The minimum atomic E-state index is -0.415. The van der Waals surface area contributed by atoms with E-state index in [4.69, 9.17) is 18.6 Å². The van der Waals surface area contributed by atoms with Gasteiger partial charge in [-0.15, -0.1) is 11.3 Å². The SMILES string of the molecule is O=C(OCc1coc(-c2cccs2)n1)c1ccc(OC[C@H]2CCCO2)cc1. The normalized spacial score (nSPS) is 16.4. The van der Waals surface area contributed by atoms with Crippen LogP contribution in [0.1, 0.15) is 28.9 Å². The Balaban J connectivity index is 1.28. The van der Waals surface area contributed by atoms with Gasteiger partial charge in [-0.25, -0.2) is 9.78 Å². The molecule has 0 bridgehead atoms. The number of nitrogens with zero attached hydrogens (tertiary/aromatic N) is 1. The van der Waals surface area contributed by atoms with Crippen molar-refractivity contribution in [2.24, 2.45) is 0 Å². The van der Waals surface area contributed by atoms with Crippen LogP contribution in [0.25, 0.3) is 10.8 Å². The Morgan fingerprint density at radius 3 is 2.89 bits per heavy atom. The van der Waals surface area contributed by atoms with Gasteiger partial charge in [0.2, 0.25) is 5.89 Å². The van der Waals surface area contributed by atoms with E-state index >= 15 is 0 Å². The Hall–Kier alpha value is -2.64. The molecule has 1 aliphatic heterocycles. The van der Waals surface area contributed by atoms with Gasteiger partial charge < -0.3 is 18.6 Å². The minimum Gasteiger partial charge on any atom is -0.491 e. The third-order valence-electron chi connectivity index (χ3n) is 4.18. The monoisotopic (exact) mass is 385 g/mol. The molecule has 6 nitrogen and oxygen atoms in total. The molecule has 0 saturated carbocycles. The molecular weight excluding hydrogens is 366 g/mol. The molecule has 1 aromatic carbocycles. The number of esters is 1. The first-order chi connectivity index (χ1) is 13.3. The lowest BCUT2D eigenvalue weighted by molar-refractivity contribution is 0.0467. The quantitative estimate of drug-likeness (QED) is 0.564.